The molecule has 0 bridgehead atoms. The first-order chi connectivity index (χ1) is 6.99. The Morgan fingerprint density at radius 2 is 2.27 bits per heavy atom. The molecule has 0 atom stereocenters. The Bertz CT molecular complexity index is 398. The number of ether oxygens (including phenoxy) is 1. The summed E-state index contributed by atoms with van der Waals surface area (Å²) in [6.45, 7) is 0. The van der Waals surface area contributed by atoms with E-state index in [1.807, 2.05) is 0 Å². The van der Waals surface area contributed by atoms with Crippen LogP contribution in [0.25, 0.3) is 0 Å². The second kappa shape index (κ2) is 4.52. The maximum atomic E-state index is 12.3. The van der Waals surface area contributed by atoms with Crippen molar-refractivity contribution < 1.29 is 18.3 Å². The zero-order valence-corrected chi connectivity index (χ0v) is 9.22. The predicted molar refractivity (Wildman–Crippen MR) is 52.6 cm³/mol. The SMILES string of the molecule is COC(=O)c1cnc(C(F)F)c(N)c1Br. The van der Waals surface area contributed by atoms with Crippen LogP contribution < -0.4 is 5.73 Å². The molecule has 0 spiro atoms. The number of nitrogens with zero attached hydrogens (tertiary/aromatic N) is 1. The number of hydrogen-bond donors (Lipinski definition) is 1. The maximum absolute atomic E-state index is 12.3. The molecular weight excluding hydrogens is 274 g/mol. The molecule has 0 aliphatic carbocycles. The van der Waals surface area contributed by atoms with Crippen molar-refractivity contribution in [3.8, 4) is 0 Å². The number of esters is 1. The molecule has 82 valence electrons. The largest absolute Gasteiger partial charge is 0.465 e. The van der Waals surface area contributed by atoms with Crippen molar-refractivity contribution in [2.45, 2.75) is 6.43 Å². The van der Waals surface area contributed by atoms with Crippen molar-refractivity contribution in [1.82, 2.24) is 4.98 Å². The molecule has 4 nitrogen and oxygen atoms in total. The van der Waals surface area contributed by atoms with Gasteiger partial charge in [0.2, 0.25) is 0 Å². The van der Waals surface area contributed by atoms with Gasteiger partial charge in [0.15, 0.2) is 0 Å². The van der Waals surface area contributed by atoms with Gasteiger partial charge in [0.1, 0.15) is 5.69 Å². The molecule has 1 aromatic rings. The van der Waals surface area contributed by atoms with E-state index in [0.29, 0.717) is 0 Å². The quantitative estimate of drug-likeness (QED) is 0.843. The number of carbonyl (C=O) groups excluding carboxylic acids is 1. The zero-order chi connectivity index (χ0) is 11.6. The van der Waals surface area contributed by atoms with Crippen LogP contribution in [0.4, 0.5) is 14.5 Å². The van der Waals surface area contributed by atoms with Gasteiger partial charge in [-0.05, 0) is 15.9 Å². The summed E-state index contributed by atoms with van der Waals surface area (Å²) in [5.41, 5.74) is 4.58. The molecule has 2 N–H and O–H groups in total. The van der Waals surface area contributed by atoms with Crippen LogP contribution >= 0.6 is 15.9 Å². The van der Waals surface area contributed by atoms with Gasteiger partial charge in [0.25, 0.3) is 6.43 Å². The van der Waals surface area contributed by atoms with Crippen molar-refractivity contribution in [2.24, 2.45) is 0 Å². The lowest BCUT2D eigenvalue weighted by molar-refractivity contribution is 0.0598. The van der Waals surface area contributed by atoms with E-state index in [1.165, 1.54) is 7.11 Å². The second-order valence-electron chi connectivity index (χ2n) is 2.58. The van der Waals surface area contributed by atoms with Crippen LogP contribution in [0.3, 0.4) is 0 Å². The second-order valence-corrected chi connectivity index (χ2v) is 3.37. The van der Waals surface area contributed by atoms with E-state index in [4.69, 9.17) is 5.73 Å². The first-order valence-corrected chi connectivity index (χ1v) is 4.58. The maximum Gasteiger partial charge on any atom is 0.340 e. The van der Waals surface area contributed by atoms with Gasteiger partial charge in [-0.25, -0.2) is 13.6 Å². The Kier molecular flexibility index (Phi) is 3.57. The van der Waals surface area contributed by atoms with E-state index in [9.17, 15) is 13.6 Å². The third kappa shape index (κ3) is 2.23. The summed E-state index contributed by atoms with van der Waals surface area (Å²) in [5.74, 6) is -0.693. The van der Waals surface area contributed by atoms with E-state index in [2.05, 4.69) is 25.7 Å². The minimum Gasteiger partial charge on any atom is -0.465 e. The van der Waals surface area contributed by atoms with Crippen molar-refractivity contribution in [3.63, 3.8) is 0 Å². The summed E-state index contributed by atoms with van der Waals surface area (Å²) in [7, 11) is 1.17. The third-order valence-corrected chi connectivity index (χ3v) is 2.55. The summed E-state index contributed by atoms with van der Waals surface area (Å²) >= 11 is 2.94. The van der Waals surface area contributed by atoms with Gasteiger partial charge < -0.3 is 10.5 Å². The molecule has 1 aromatic heterocycles. The van der Waals surface area contributed by atoms with Gasteiger partial charge in [-0.2, -0.15) is 0 Å². The molecule has 0 saturated heterocycles. The highest BCUT2D eigenvalue weighted by Gasteiger charge is 2.20. The van der Waals surface area contributed by atoms with Crippen LogP contribution in [0.5, 0.6) is 0 Å². The van der Waals surface area contributed by atoms with Crippen molar-refractivity contribution >= 4 is 27.6 Å². The van der Waals surface area contributed by atoms with Gasteiger partial charge >= 0.3 is 5.97 Å². The number of anilines is 1. The average Bonchev–Trinajstić information content (AvgIpc) is 2.20. The lowest BCUT2D eigenvalue weighted by atomic mass is 10.2. The molecule has 1 rings (SSSR count). The summed E-state index contributed by atoms with van der Waals surface area (Å²) in [5, 5.41) is 0. The third-order valence-electron chi connectivity index (χ3n) is 1.69. The molecule has 15 heavy (non-hydrogen) atoms. The van der Waals surface area contributed by atoms with Gasteiger partial charge in [-0.1, -0.05) is 0 Å². The molecule has 0 aliphatic rings. The fourth-order valence-corrected chi connectivity index (χ4v) is 1.41. The predicted octanol–water partition coefficient (Wildman–Crippen LogP) is 2.15. The molecule has 0 aliphatic heterocycles. The van der Waals surface area contributed by atoms with Crippen LogP contribution in [0.15, 0.2) is 10.7 Å². The van der Waals surface area contributed by atoms with Gasteiger partial charge in [0, 0.05) is 6.20 Å². The average molecular weight is 281 g/mol. The number of rotatable bonds is 2. The summed E-state index contributed by atoms with van der Waals surface area (Å²) in [6.07, 6.45) is -1.79. The normalized spacial score (nSPS) is 10.5. The monoisotopic (exact) mass is 280 g/mol. The number of hydrogen-bond acceptors (Lipinski definition) is 4. The minimum absolute atomic E-state index is 0.0133. The molecule has 0 unspecified atom stereocenters. The zero-order valence-electron chi connectivity index (χ0n) is 7.63. The van der Waals surface area contributed by atoms with E-state index >= 15 is 0 Å². The van der Waals surface area contributed by atoms with E-state index in [0.717, 1.165) is 6.20 Å². The number of halogens is 3. The lowest BCUT2D eigenvalue weighted by Gasteiger charge is -2.08. The fourth-order valence-electron chi connectivity index (χ4n) is 0.944. The molecular formula is C8H7BrF2N2O2. The van der Waals surface area contributed by atoms with Crippen molar-refractivity contribution in [2.75, 3.05) is 12.8 Å². The van der Waals surface area contributed by atoms with E-state index in [1.54, 1.807) is 0 Å². The highest BCUT2D eigenvalue weighted by molar-refractivity contribution is 9.10. The topological polar surface area (TPSA) is 65.2 Å². The molecule has 7 heteroatoms. The van der Waals surface area contributed by atoms with Crippen LogP contribution in [0, 0.1) is 0 Å². The van der Waals surface area contributed by atoms with Crippen LogP contribution in [-0.4, -0.2) is 18.1 Å². The number of carbonyl (C=O) groups is 1. The summed E-state index contributed by atoms with van der Waals surface area (Å²) in [6, 6.07) is 0. The van der Waals surface area contributed by atoms with Gasteiger partial charge in [0.05, 0.1) is 22.8 Å². The number of aromatic nitrogens is 1. The Hall–Kier alpha value is -1.24. The number of nitrogens with two attached hydrogens (primary N) is 1. The van der Waals surface area contributed by atoms with Crippen LogP contribution in [0.1, 0.15) is 22.5 Å². The first-order valence-electron chi connectivity index (χ1n) is 3.79. The van der Waals surface area contributed by atoms with E-state index in [-0.39, 0.29) is 15.7 Å². The first kappa shape index (κ1) is 11.8. The molecule has 0 radical (unpaired) electrons. The summed E-state index contributed by atoms with van der Waals surface area (Å²) in [4.78, 5) is 14.5. The molecule has 0 aromatic carbocycles. The highest BCUT2D eigenvalue weighted by Crippen LogP contribution is 2.31. The minimum atomic E-state index is -2.78. The molecule has 0 fully saturated rings. The number of pyridine rings is 1. The van der Waals surface area contributed by atoms with Crippen LogP contribution in [0.2, 0.25) is 0 Å². The number of methoxy groups -OCH3 is 1. The standard InChI is InChI=1S/C8H7BrF2N2O2/c1-15-8(14)3-2-13-6(7(10)11)5(12)4(3)9/h2,7H,12H2,1H3. The Labute approximate surface area is 92.6 Å². The Morgan fingerprint density at radius 3 is 2.73 bits per heavy atom. The van der Waals surface area contributed by atoms with E-state index < -0.39 is 18.1 Å². The smallest absolute Gasteiger partial charge is 0.340 e. The number of nitrogen functional groups attached to an aromatic ring is 1. The van der Waals surface area contributed by atoms with Crippen molar-refractivity contribution in [3.05, 3.63) is 21.9 Å². The molecule has 1 heterocycles. The van der Waals surface area contributed by atoms with Crippen molar-refractivity contribution in [1.29, 1.82) is 0 Å². The Morgan fingerprint density at radius 1 is 1.67 bits per heavy atom. The Balaban J connectivity index is 3.27. The highest BCUT2D eigenvalue weighted by atomic mass is 79.9. The number of alkyl halides is 2. The van der Waals surface area contributed by atoms with Gasteiger partial charge in [-0.3, -0.25) is 4.98 Å². The molecule has 0 amide bonds. The van der Waals surface area contributed by atoms with Gasteiger partial charge in [-0.15, -0.1) is 0 Å². The fraction of sp³-hybridized carbons (Fsp3) is 0.250. The van der Waals surface area contributed by atoms with Crippen LogP contribution in [-0.2, 0) is 4.74 Å². The molecule has 0 saturated carbocycles. The lowest BCUT2D eigenvalue weighted by Crippen LogP contribution is -2.08. The summed E-state index contributed by atoms with van der Waals surface area (Å²) < 4.78 is 29.2.